The van der Waals surface area contributed by atoms with Crippen LogP contribution in [0.2, 0.25) is 0 Å². The van der Waals surface area contributed by atoms with Gasteiger partial charge in [-0.3, -0.25) is 0 Å². The van der Waals surface area contributed by atoms with Gasteiger partial charge in [-0.25, -0.2) is 0 Å². The highest BCUT2D eigenvalue weighted by molar-refractivity contribution is 6.22. The van der Waals surface area contributed by atoms with E-state index in [1.165, 1.54) is 32.7 Å². The van der Waals surface area contributed by atoms with Gasteiger partial charge in [0.25, 0.3) is 0 Å². The number of fused-ring (bicyclic) bond motifs is 6. The van der Waals surface area contributed by atoms with Gasteiger partial charge in [-0.1, -0.05) is 127 Å². The summed E-state index contributed by atoms with van der Waals surface area (Å²) in [4.78, 5) is 0. The van der Waals surface area contributed by atoms with E-state index >= 15 is 0 Å². The fourth-order valence-corrected chi connectivity index (χ4v) is 6.58. The molecular formula is C42H26O. The van der Waals surface area contributed by atoms with E-state index in [-0.39, 0.29) is 29.7 Å². The Hall–Kier alpha value is -5.66. The summed E-state index contributed by atoms with van der Waals surface area (Å²) in [5, 5.41) is 8.95. The predicted molar refractivity (Wildman–Crippen MR) is 183 cm³/mol. The Balaban J connectivity index is 1.26. The number of hydrogen-bond donors (Lipinski definition) is 0. The summed E-state index contributed by atoms with van der Waals surface area (Å²) < 4.78 is 47.4. The topological polar surface area (TPSA) is 13.1 Å². The Labute approximate surface area is 256 Å². The summed E-state index contributed by atoms with van der Waals surface area (Å²) in [5.74, 6) is 0. The maximum atomic E-state index is 8.45. The molecule has 1 nitrogen and oxygen atoms in total. The van der Waals surface area contributed by atoms with E-state index < -0.39 is 6.04 Å². The van der Waals surface area contributed by atoms with E-state index in [2.05, 4.69) is 103 Å². The van der Waals surface area contributed by atoms with Crippen LogP contribution in [0, 0.1) is 0 Å². The first-order valence-corrected chi connectivity index (χ1v) is 14.4. The van der Waals surface area contributed by atoms with Crippen molar-refractivity contribution >= 4 is 54.3 Å². The lowest BCUT2D eigenvalue weighted by molar-refractivity contribution is 0.669. The third-order valence-electron chi connectivity index (χ3n) is 8.52. The molecule has 0 atom stereocenters. The molecule has 0 unspecified atom stereocenters. The van der Waals surface area contributed by atoms with Crippen LogP contribution < -0.4 is 0 Å². The van der Waals surface area contributed by atoms with Crippen LogP contribution >= 0.6 is 0 Å². The molecule has 0 saturated carbocycles. The lowest BCUT2D eigenvalue weighted by Crippen LogP contribution is -1.91. The molecule has 8 aromatic carbocycles. The van der Waals surface area contributed by atoms with Crippen LogP contribution in [0.15, 0.2) is 162 Å². The first kappa shape index (κ1) is 19.5. The Kier molecular flexibility index (Phi) is 4.27. The van der Waals surface area contributed by atoms with Crippen LogP contribution in [0.4, 0.5) is 0 Å². The second kappa shape index (κ2) is 9.44. The second-order valence-corrected chi connectivity index (χ2v) is 10.9. The van der Waals surface area contributed by atoms with Crippen molar-refractivity contribution in [3.63, 3.8) is 0 Å². The molecule has 0 N–H and O–H groups in total. The van der Waals surface area contributed by atoms with Gasteiger partial charge >= 0.3 is 0 Å². The molecule has 1 heterocycles. The Morgan fingerprint density at radius 3 is 1.65 bits per heavy atom. The van der Waals surface area contributed by atoms with Gasteiger partial charge in [0.05, 0.1) is 6.85 Å². The molecular weight excluding hydrogens is 520 g/mol. The highest BCUT2D eigenvalue weighted by Gasteiger charge is 2.18. The van der Waals surface area contributed by atoms with E-state index in [1.54, 1.807) is 12.1 Å². The van der Waals surface area contributed by atoms with Crippen LogP contribution in [0.25, 0.3) is 87.6 Å². The summed E-state index contributed by atoms with van der Waals surface area (Å²) >= 11 is 0. The molecule has 200 valence electrons. The monoisotopic (exact) mass is 551 g/mol. The Morgan fingerprint density at radius 2 is 0.953 bits per heavy atom. The molecule has 0 fully saturated rings. The molecule has 0 aliphatic rings. The number of furan rings is 1. The summed E-state index contributed by atoms with van der Waals surface area (Å²) in [5.41, 5.74) is 6.59. The maximum Gasteiger partial charge on any atom is 0.136 e. The van der Waals surface area contributed by atoms with Crippen molar-refractivity contribution in [1.82, 2.24) is 0 Å². The third-order valence-corrected chi connectivity index (χ3v) is 8.52. The molecule has 0 bridgehead atoms. The first-order valence-electron chi connectivity index (χ1n) is 16.9. The standard InChI is InChI=1S/C42H26O/c1-2-10-27(11-3-1)30-20-22-33-38-25-32(21-23-39(38)43-40(33)26-30)42-36-16-8-6-14-34(36)41(35-15-7-9-17-37(35)42)31-19-18-28-12-4-5-13-29(28)24-31/h1-26H/i1D,2D,3D,10D,11D. The van der Waals surface area contributed by atoms with Gasteiger partial charge in [-0.05, 0) is 96.0 Å². The summed E-state index contributed by atoms with van der Waals surface area (Å²) in [6, 6.07) is 42.6. The van der Waals surface area contributed by atoms with Gasteiger partial charge < -0.3 is 4.42 Å². The Bertz CT molecular complexity index is 2710. The smallest absolute Gasteiger partial charge is 0.136 e. The number of rotatable bonds is 3. The quantitative estimate of drug-likeness (QED) is 0.199. The van der Waals surface area contributed by atoms with Gasteiger partial charge in [0.1, 0.15) is 11.2 Å². The summed E-state index contributed by atoms with van der Waals surface area (Å²) in [6.07, 6.45) is 0. The van der Waals surface area contributed by atoms with Crippen molar-refractivity contribution in [2.45, 2.75) is 0 Å². The third kappa shape index (κ3) is 3.79. The molecule has 1 aromatic heterocycles. The molecule has 1 heteroatoms. The van der Waals surface area contributed by atoms with E-state index in [9.17, 15) is 0 Å². The zero-order valence-corrected chi connectivity index (χ0v) is 23.0. The minimum atomic E-state index is -0.406. The second-order valence-electron chi connectivity index (χ2n) is 10.9. The fourth-order valence-electron chi connectivity index (χ4n) is 6.58. The normalized spacial score (nSPS) is 13.3. The molecule has 0 amide bonds. The van der Waals surface area contributed by atoms with Crippen LogP contribution in [0.5, 0.6) is 0 Å². The maximum absolute atomic E-state index is 8.45. The van der Waals surface area contributed by atoms with E-state index in [0.29, 0.717) is 16.7 Å². The SMILES string of the molecule is [2H]c1c([2H])c([2H])c(-c2ccc3c(c2)oc2ccc(-c4c5ccccc5c(-c5ccc6ccccc6c5)c5ccccc45)cc23)c([2H])c1[2H]. The van der Waals surface area contributed by atoms with E-state index in [1.807, 2.05) is 12.1 Å². The van der Waals surface area contributed by atoms with Crippen LogP contribution in [-0.4, -0.2) is 0 Å². The van der Waals surface area contributed by atoms with Crippen LogP contribution in [-0.2, 0) is 0 Å². The summed E-state index contributed by atoms with van der Waals surface area (Å²) in [7, 11) is 0. The van der Waals surface area contributed by atoms with Crippen molar-refractivity contribution in [2.75, 3.05) is 0 Å². The Morgan fingerprint density at radius 1 is 0.372 bits per heavy atom. The minimum absolute atomic E-state index is 0.161. The largest absolute Gasteiger partial charge is 0.456 e. The molecule has 0 spiro atoms. The molecule has 0 radical (unpaired) electrons. The molecule has 0 aliphatic carbocycles. The van der Waals surface area contributed by atoms with Crippen molar-refractivity contribution in [2.24, 2.45) is 0 Å². The molecule has 9 aromatic rings. The highest BCUT2D eigenvalue weighted by Crippen LogP contribution is 2.45. The van der Waals surface area contributed by atoms with Gasteiger partial charge in [-0.2, -0.15) is 0 Å². The first-order chi connectivity index (χ1) is 23.4. The van der Waals surface area contributed by atoms with Gasteiger partial charge in [-0.15, -0.1) is 0 Å². The lowest BCUT2D eigenvalue weighted by Gasteiger charge is -2.18. The zero-order valence-electron chi connectivity index (χ0n) is 28.0. The van der Waals surface area contributed by atoms with Crippen LogP contribution in [0.1, 0.15) is 6.85 Å². The lowest BCUT2D eigenvalue weighted by atomic mass is 9.85. The van der Waals surface area contributed by atoms with Crippen molar-refractivity contribution in [3.05, 3.63) is 158 Å². The average Bonchev–Trinajstić information content (AvgIpc) is 3.49. The number of hydrogen-bond acceptors (Lipinski definition) is 1. The van der Waals surface area contributed by atoms with Gasteiger partial charge in [0.2, 0.25) is 0 Å². The molecule has 0 saturated heterocycles. The van der Waals surface area contributed by atoms with E-state index in [4.69, 9.17) is 11.3 Å². The number of benzene rings is 8. The predicted octanol–water partition coefficient (Wildman–Crippen LogP) is 12.0. The van der Waals surface area contributed by atoms with Crippen molar-refractivity contribution in [3.8, 4) is 33.4 Å². The molecule has 9 rings (SSSR count). The zero-order chi connectivity index (χ0) is 32.7. The van der Waals surface area contributed by atoms with Gasteiger partial charge in [0, 0.05) is 10.8 Å². The van der Waals surface area contributed by atoms with E-state index in [0.717, 1.165) is 32.7 Å². The van der Waals surface area contributed by atoms with Gasteiger partial charge in [0.15, 0.2) is 0 Å². The van der Waals surface area contributed by atoms with Crippen molar-refractivity contribution < 1.29 is 11.3 Å². The average molecular weight is 552 g/mol. The summed E-state index contributed by atoms with van der Waals surface area (Å²) in [6.45, 7) is 0. The minimum Gasteiger partial charge on any atom is -0.456 e. The molecule has 43 heavy (non-hydrogen) atoms. The highest BCUT2D eigenvalue weighted by atomic mass is 16.3. The van der Waals surface area contributed by atoms with Crippen molar-refractivity contribution in [1.29, 1.82) is 0 Å². The van der Waals surface area contributed by atoms with Crippen LogP contribution in [0.3, 0.4) is 0 Å². The fraction of sp³-hybridized carbons (Fsp3) is 0. The molecule has 0 aliphatic heterocycles.